The fraction of sp³-hybridized carbons (Fsp3) is 0.529. The Morgan fingerprint density at radius 2 is 2.24 bits per heavy atom. The van der Waals surface area contributed by atoms with Gasteiger partial charge in [0.25, 0.3) is 0 Å². The summed E-state index contributed by atoms with van der Waals surface area (Å²) in [4.78, 5) is 4.64. The first-order valence-corrected chi connectivity index (χ1v) is 7.91. The molecule has 1 aliphatic rings. The third-order valence-corrected chi connectivity index (χ3v) is 4.20. The minimum Gasteiger partial charge on any atom is -0.339 e. The maximum atomic E-state index is 5.45. The second-order valence-electron chi connectivity index (χ2n) is 5.85. The van der Waals surface area contributed by atoms with Crippen LogP contribution in [0.3, 0.4) is 0 Å². The van der Waals surface area contributed by atoms with E-state index < -0.39 is 0 Å². The summed E-state index contributed by atoms with van der Waals surface area (Å²) >= 11 is 0. The topological polar surface area (TPSA) is 51.0 Å². The van der Waals surface area contributed by atoms with Crippen LogP contribution in [0.2, 0.25) is 0 Å². The van der Waals surface area contributed by atoms with Crippen molar-refractivity contribution in [2.24, 2.45) is 0 Å². The minimum absolute atomic E-state index is 0.293. The molecule has 4 heteroatoms. The standard InChI is InChI=1S/C17H23N3O/c1-3-18-12(2)11-16-19-17(20-21-16)15-10-6-8-13-7-4-5-9-14(13)15/h4-5,7,9,12,15,18H,3,6,8,10-11H2,1-2H3. The van der Waals surface area contributed by atoms with Crippen LogP contribution in [0.1, 0.15) is 55.4 Å². The van der Waals surface area contributed by atoms with E-state index in [0.717, 1.165) is 37.5 Å². The summed E-state index contributed by atoms with van der Waals surface area (Å²) < 4.78 is 5.45. The lowest BCUT2D eigenvalue weighted by molar-refractivity contribution is 0.356. The van der Waals surface area contributed by atoms with Crippen molar-refractivity contribution in [3.05, 3.63) is 47.1 Å². The molecule has 1 heterocycles. The molecule has 0 saturated carbocycles. The minimum atomic E-state index is 0.293. The Labute approximate surface area is 126 Å². The molecule has 0 radical (unpaired) electrons. The molecule has 2 aromatic rings. The van der Waals surface area contributed by atoms with E-state index in [1.165, 1.54) is 17.5 Å². The third kappa shape index (κ3) is 3.16. The number of aromatic nitrogens is 2. The zero-order chi connectivity index (χ0) is 14.7. The van der Waals surface area contributed by atoms with Gasteiger partial charge in [-0.1, -0.05) is 36.3 Å². The quantitative estimate of drug-likeness (QED) is 0.917. The Kier molecular flexibility index (Phi) is 4.34. The Hall–Kier alpha value is -1.68. The Balaban J connectivity index is 1.78. The predicted octanol–water partition coefficient (Wildman–Crippen LogP) is 3.08. The number of nitrogens with zero attached hydrogens (tertiary/aromatic N) is 2. The van der Waals surface area contributed by atoms with Gasteiger partial charge in [-0.05, 0) is 43.9 Å². The van der Waals surface area contributed by atoms with E-state index in [9.17, 15) is 0 Å². The summed E-state index contributed by atoms with van der Waals surface area (Å²) in [7, 11) is 0. The molecule has 0 fully saturated rings. The molecule has 3 rings (SSSR count). The van der Waals surface area contributed by atoms with Crippen LogP contribution >= 0.6 is 0 Å². The fourth-order valence-corrected chi connectivity index (χ4v) is 3.20. The number of fused-ring (bicyclic) bond motifs is 1. The van der Waals surface area contributed by atoms with Crippen molar-refractivity contribution >= 4 is 0 Å². The number of benzene rings is 1. The lowest BCUT2D eigenvalue weighted by Gasteiger charge is -2.22. The fourth-order valence-electron chi connectivity index (χ4n) is 3.20. The van der Waals surface area contributed by atoms with Crippen LogP contribution < -0.4 is 5.32 Å². The molecule has 2 unspecified atom stereocenters. The molecule has 1 N–H and O–H groups in total. The smallest absolute Gasteiger partial charge is 0.228 e. The van der Waals surface area contributed by atoms with Crippen molar-refractivity contribution in [2.45, 2.75) is 51.5 Å². The van der Waals surface area contributed by atoms with Crippen molar-refractivity contribution in [1.29, 1.82) is 0 Å². The van der Waals surface area contributed by atoms with Gasteiger partial charge in [0.05, 0.1) is 0 Å². The van der Waals surface area contributed by atoms with Gasteiger partial charge in [-0.2, -0.15) is 4.98 Å². The van der Waals surface area contributed by atoms with E-state index in [1.54, 1.807) is 0 Å². The number of rotatable bonds is 5. The lowest BCUT2D eigenvalue weighted by Crippen LogP contribution is -2.27. The summed E-state index contributed by atoms with van der Waals surface area (Å²) in [6.07, 6.45) is 4.25. The van der Waals surface area contributed by atoms with E-state index in [4.69, 9.17) is 4.52 Å². The number of hydrogen-bond donors (Lipinski definition) is 1. The second-order valence-corrected chi connectivity index (χ2v) is 5.85. The molecular weight excluding hydrogens is 262 g/mol. The average Bonchev–Trinajstić information content (AvgIpc) is 2.95. The molecular formula is C17H23N3O. The van der Waals surface area contributed by atoms with Gasteiger partial charge in [0.2, 0.25) is 5.89 Å². The van der Waals surface area contributed by atoms with Gasteiger partial charge in [0.15, 0.2) is 5.82 Å². The van der Waals surface area contributed by atoms with Crippen LogP contribution in [0, 0.1) is 0 Å². The highest BCUT2D eigenvalue weighted by Crippen LogP contribution is 2.35. The van der Waals surface area contributed by atoms with Gasteiger partial charge < -0.3 is 9.84 Å². The maximum absolute atomic E-state index is 5.45. The van der Waals surface area contributed by atoms with Crippen molar-refractivity contribution in [3.63, 3.8) is 0 Å². The molecule has 0 amide bonds. The first kappa shape index (κ1) is 14.3. The van der Waals surface area contributed by atoms with Gasteiger partial charge in [0, 0.05) is 18.4 Å². The van der Waals surface area contributed by atoms with E-state index >= 15 is 0 Å². The van der Waals surface area contributed by atoms with E-state index in [1.807, 2.05) is 0 Å². The summed E-state index contributed by atoms with van der Waals surface area (Å²) in [5.41, 5.74) is 2.80. The maximum Gasteiger partial charge on any atom is 0.228 e. The molecule has 1 aliphatic carbocycles. The molecule has 1 aromatic heterocycles. The van der Waals surface area contributed by atoms with Crippen molar-refractivity contribution in [3.8, 4) is 0 Å². The number of likely N-dealkylation sites (N-methyl/N-ethyl adjacent to an activating group) is 1. The SMILES string of the molecule is CCNC(C)Cc1nc(C2CCCc3ccccc32)no1. The molecule has 0 aliphatic heterocycles. The van der Waals surface area contributed by atoms with Crippen molar-refractivity contribution < 1.29 is 4.52 Å². The summed E-state index contributed by atoms with van der Waals surface area (Å²) in [5, 5.41) is 7.61. The molecule has 4 nitrogen and oxygen atoms in total. The summed E-state index contributed by atoms with van der Waals surface area (Å²) in [6, 6.07) is 9.00. The van der Waals surface area contributed by atoms with Gasteiger partial charge in [-0.25, -0.2) is 0 Å². The Bertz CT molecular complexity index is 593. The molecule has 0 bridgehead atoms. The third-order valence-electron chi connectivity index (χ3n) is 4.20. The van der Waals surface area contributed by atoms with Crippen LogP contribution in [-0.2, 0) is 12.8 Å². The average molecular weight is 285 g/mol. The number of hydrogen-bond acceptors (Lipinski definition) is 4. The van der Waals surface area contributed by atoms with Crippen LogP contribution in [0.5, 0.6) is 0 Å². The van der Waals surface area contributed by atoms with Crippen LogP contribution in [-0.4, -0.2) is 22.7 Å². The normalized spacial score (nSPS) is 19.2. The van der Waals surface area contributed by atoms with Gasteiger partial charge >= 0.3 is 0 Å². The van der Waals surface area contributed by atoms with Crippen LogP contribution in [0.15, 0.2) is 28.8 Å². The number of nitrogens with one attached hydrogen (secondary N) is 1. The van der Waals surface area contributed by atoms with Gasteiger partial charge in [0.1, 0.15) is 0 Å². The zero-order valence-electron chi connectivity index (χ0n) is 12.8. The van der Waals surface area contributed by atoms with Crippen molar-refractivity contribution in [1.82, 2.24) is 15.5 Å². The predicted molar refractivity (Wildman–Crippen MR) is 82.4 cm³/mol. The van der Waals surface area contributed by atoms with Crippen LogP contribution in [0.25, 0.3) is 0 Å². The highest BCUT2D eigenvalue weighted by Gasteiger charge is 2.25. The molecule has 112 valence electrons. The first-order chi connectivity index (χ1) is 10.3. The Morgan fingerprint density at radius 3 is 3.10 bits per heavy atom. The number of aryl methyl sites for hydroxylation is 1. The highest BCUT2D eigenvalue weighted by atomic mass is 16.5. The highest BCUT2D eigenvalue weighted by molar-refractivity contribution is 5.36. The molecule has 2 atom stereocenters. The van der Waals surface area contributed by atoms with Gasteiger partial charge in [-0.15, -0.1) is 0 Å². The van der Waals surface area contributed by atoms with Crippen LogP contribution in [0.4, 0.5) is 0 Å². The zero-order valence-corrected chi connectivity index (χ0v) is 12.8. The molecule has 0 spiro atoms. The lowest BCUT2D eigenvalue weighted by atomic mass is 9.82. The van der Waals surface area contributed by atoms with E-state index in [-0.39, 0.29) is 0 Å². The molecule has 0 saturated heterocycles. The second kappa shape index (κ2) is 6.39. The first-order valence-electron chi connectivity index (χ1n) is 7.91. The van der Waals surface area contributed by atoms with Gasteiger partial charge in [-0.3, -0.25) is 0 Å². The molecule has 1 aromatic carbocycles. The summed E-state index contributed by atoms with van der Waals surface area (Å²) in [6.45, 7) is 5.20. The Morgan fingerprint density at radius 1 is 1.38 bits per heavy atom. The van der Waals surface area contributed by atoms with E-state index in [0.29, 0.717) is 12.0 Å². The van der Waals surface area contributed by atoms with Crippen molar-refractivity contribution in [2.75, 3.05) is 6.54 Å². The monoisotopic (exact) mass is 285 g/mol. The van der Waals surface area contributed by atoms with E-state index in [2.05, 4.69) is 53.6 Å². The molecule has 21 heavy (non-hydrogen) atoms. The summed E-state index contributed by atoms with van der Waals surface area (Å²) in [5.74, 6) is 1.88. The largest absolute Gasteiger partial charge is 0.339 e.